The summed E-state index contributed by atoms with van der Waals surface area (Å²) in [4.78, 5) is 12.6. The molecule has 2 nitrogen and oxygen atoms in total. The van der Waals surface area contributed by atoms with Crippen LogP contribution >= 0.6 is 0 Å². The number of esters is 1. The summed E-state index contributed by atoms with van der Waals surface area (Å²) in [5, 5.41) is 0. The van der Waals surface area contributed by atoms with Crippen LogP contribution in [0.3, 0.4) is 0 Å². The monoisotopic (exact) mass is 312 g/mol. The second-order valence-electron chi connectivity index (χ2n) is 8.79. The molecule has 0 heterocycles. The second kappa shape index (κ2) is 5.09. The van der Waals surface area contributed by atoms with Crippen molar-refractivity contribution in [2.45, 2.75) is 63.7 Å². The zero-order valence-electron chi connectivity index (χ0n) is 14.6. The van der Waals surface area contributed by atoms with Crippen LogP contribution in [0.4, 0.5) is 0 Å². The van der Waals surface area contributed by atoms with Gasteiger partial charge in [0.25, 0.3) is 0 Å². The fourth-order valence-electron chi connectivity index (χ4n) is 6.28. The maximum absolute atomic E-state index is 12.6. The van der Waals surface area contributed by atoms with Gasteiger partial charge in [0.2, 0.25) is 0 Å². The fourth-order valence-corrected chi connectivity index (χ4v) is 6.28. The number of carbonyl (C=O) groups is 1. The third-order valence-corrected chi connectivity index (χ3v) is 6.87. The SMILES string of the molecule is COC(=O)C12C[C@H]3C[C@@H](C1)CC(c1ccc(C(C)C)cc1)(C3)C2. The predicted octanol–water partition coefficient (Wildman–Crippen LogP) is 4.82. The summed E-state index contributed by atoms with van der Waals surface area (Å²) < 4.78 is 5.23. The van der Waals surface area contributed by atoms with Gasteiger partial charge < -0.3 is 4.74 Å². The quantitative estimate of drug-likeness (QED) is 0.748. The molecule has 1 aromatic rings. The molecule has 0 N–H and O–H groups in total. The van der Waals surface area contributed by atoms with Gasteiger partial charge in [0, 0.05) is 0 Å². The number of ether oxygens (including phenoxy) is 1. The van der Waals surface area contributed by atoms with E-state index in [9.17, 15) is 4.79 Å². The fraction of sp³-hybridized carbons (Fsp3) is 0.667. The van der Waals surface area contributed by atoms with Gasteiger partial charge in [-0.05, 0) is 72.8 Å². The summed E-state index contributed by atoms with van der Waals surface area (Å²) in [6, 6.07) is 9.27. The van der Waals surface area contributed by atoms with E-state index in [1.54, 1.807) is 7.11 Å². The standard InChI is InChI=1S/C21H28O2/c1-14(2)17-4-6-18(7-5-17)20-9-15-8-16(10-20)12-21(11-15,13-20)19(22)23-3/h4-7,14-16H,8-13H2,1-3H3/t15-,16+,20?,21?. The van der Waals surface area contributed by atoms with E-state index in [0.29, 0.717) is 17.8 Å². The van der Waals surface area contributed by atoms with Gasteiger partial charge in [-0.25, -0.2) is 0 Å². The molecular weight excluding hydrogens is 284 g/mol. The normalized spacial score (nSPS) is 38.1. The molecule has 0 amide bonds. The lowest BCUT2D eigenvalue weighted by Crippen LogP contribution is -2.57. The van der Waals surface area contributed by atoms with Gasteiger partial charge in [-0.1, -0.05) is 38.1 Å². The first-order valence-electron chi connectivity index (χ1n) is 9.15. The number of rotatable bonds is 3. The third-order valence-electron chi connectivity index (χ3n) is 6.87. The van der Waals surface area contributed by atoms with Crippen molar-refractivity contribution >= 4 is 5.97 Å². The van der Waals surface area contributed by atoms with Crippen LogP contribution in [-0.2, 0) is 14.9 Å². The van der Waals surface area contributed by atoms with Crippen molar-refractivity contribution in [1.29, 1.82) is 0 Å². The average Bonchev–Trinajstić information content (AvgIpc) is 2.53. The van der Waals surface area contributed by atoms with Gasteiger partial charge in [-0.15, -0.1) is 0 Å². The van der Waals surface area contributed by atoms with E-state index in [-0.39, 0.29) is 16.8 Å². The summed E-state index contributed by atoms with van der Waals surface area (Å²) in [5.41, 5.74) is 2.88. The smallest absolute Gasteiger partial charge is 0.311 e. The summed E-state index contributed by atoms with van der Waals surface area (Å²) in [7, 11) is 1.56. The number of benzene rings is 1. The van der Waals surface area contributed by atoms with Crippen LogP contribution in [0.1, 0.15) is 69.4 Å². The van der Waals surface area contributed by atoms with Crippen molar-refractivity contribution in [1.82, 2.24) is 0 Å². The molecule has 4 bridgehead atoms. The number of carbonyl (C=O) groups excluding carboxylic acids is 1. The highest BCUT2D eigenvalue weighted by atomic mass is 16.5. The molecule has 4 atom stereocenters. The first-order chi connectivity index (χ1) is 11.0. The van der Waals surface area contributed by atoms with Gasteiger partial charge >= 0.3 is 5.97 Å². The Morgan fingerprint density at radius 3 is 2.22 bits per heavy atom. The molecule has 0 aromatic heterocycles. The number of hydrogen-bond donors (Lipinski definition) is 0. The molecule has 1 aromatic carbocycles. The van der Waals surface area contributed by atoms with E-state index < -0.39 is 0 Å². The minimum absolute atomic E-state index is 0.0507. The molecule has 23 heavy (non-hydrogen) atoms. The molecule has 0 saturated heterocycles. The second-order valence-corrected chi connectivity index (χ2v) is 8.79. The molecule has 0 radical (unpaired) electrons. The lowest BCUT2D eigenvalue weighted by atomic mass is 9.43. The molecule has 5 rings (SSSR count). The minimum Gasteiger partial charge on any atom is -0.469 e. The Morgan fingerprint density at radius 2 is 1.70 bits per heavy atom. The van der Waals surface area contributed by atoms with Crippen LogP contribution in [0.15, 0.2) is 24.3 Å². The van der Waals surface area contributed by atoms with E-state index in [2.05, 4.69) is 38.1 Å². The van der Waals surface area contributed by atoms with Gasteiger partial charge in [0.1, 0.15) is 0 Å². The number of methoxy groups -OCH3 is 1. The Labute approximate surface area is 139 Å². The zero-order chi connectivity index (χ0) is 16.2. The molecule has 4 aliphatic rings. The van der Waals surface area contributed by atoms with Gasteiger partial charge in [-0.2, -0.15) is 0 Å². The maximum Gasteiger partial charge on any atom is 0.311 e. The Balaban J connectivity index is 1.71. The third kappa shape index (κ3) is 2.25. The first-order valence-corrected chi connectivity index (χ1v) is 9.15. The molecule has 0 spiro atoms. The number of hydrogen-bond acceptors (Lipinski definition) is 2. The Morgan fingerprint density at radius 1 is 1.09 bits per heavy atom. The van der Waals surface area contributed by atoms with E-state index in [4.69, 9.17) is 4.74 Å². The minimum atomic E-state index is -0.199. The predicted molar refractivity (Wildman–Crippen MR) is 91.3 cm³/mol. The van der Waals surface area contributed by atoms with Crippen molar-refractivity contribution in [3.8, 4) is 0 Å². The highest BCUT2D eigenvalue weighted by Gasteiger charge is 2.61. The Hall–Kier alpha value is -1.31. The van der Waals surface area contributed by atoms with Crippen LogP contribution in [0.25, 0.3) is 0 Å². The van der Waals surface area contributed by atoms with Crippen LogP contribution in [0, 0.1) is 17.3 Å². The maximum atomic E-state index is 12.6. The molecule has 4 saturated carbocycles. The van der Waals surface area contributed by atoms with Crippen molar-refractivity contribution in [3.63, 3.8) is 0 Å². The summed E-state index contributed by atoms with van der Waals surface area (Å²) >= 11 is 0. The van der Waals surface area contributed by atoms with Gasteiger partial charge in [0.15, 0.2) is 0 Å². The van der Waals surface area contributed by atoms with Crippen LogP contribution in [0.2, 0.25) is 0 Å². The van der Waals surface area contributed by atoms with Crippen LogP contribution in [-0.4, -0.2) is 13.1 Å². The van der Waals surface area contributed by atoms with Gasteiger partial charge in [0.05, 0.1) is 12.5 Å². The first kappa shape index (κ1) is 15.2. The lowest BCUT2D eigenvalue weighted by molar-refractivity contribution is -0.171. The van der Waals surface area contributed by atoms with E-state index >= 15 is 0 Å². The Bertz CT molecular complexity index is 599. The zero-order valence-corrected chi connectivity index (χ0v) is 14.6. The van der Waals surface area contributed by atoms with Crippen molar-refractivity contribution in [2.75, 3.05) is 7.11 Å². The van der Waals surface area contributed by atoms with Crippen molar-refractivity contribution < 1.29 is 9.53 Å². The van der Waals surface area contributed by atoms with Crippen molar-refractivity contribution in [2.24, 2.45) is 17.3 Å². The molecule has 0 aliphatic heterocycles. The van der Waals surface area contributed by atoms with E-state index in [1.807, 2.05) is 0 Å². The lowest BCUT2D eigenvalue weighted by Gasteiger charge is -2.61. The van der Waals surface area contributed by atoms with Crippen LogP contribution in [0.5, 0.6) is 0 Å². The summed E-state index contributed by atoms with van der Waals surface area (Å²) in [6.45, 7) is 4.48. The summed E-state index contributed by atoms with van der Waals surface area (Å²) in [6.07, 6.45) is 6.97. The molecule has 124 valence electrons. The molecular formula is C21H28O2. The largest absolute Gasteiger partial charge is 0.469 e. The molecule has 2 unspecified atom stereocenters. The highest BCUT2D eigenvalue weighted by molar-refractivity contribution is 5.78. The van der Waals surface area contributed by atoms with Crippen LogP contribution < -0.4 is 0 Å². The highest BCUT2D eigenvalue weighted by Crippen LogP contribution is 2.66. The summed E-state index contributed by atoms with van der Waals surface area (Å²) in [5.74, 6) is 2.04. The topological polar surface area (TPSA) is 26.3 Å². The van der Waals surface area contributed by atoms with Gasteiger partial charge in [-0.3, -0.25) is 4.79 Å². The molecule has 4 aliphatic carbocycles. The van der Waals surface area contributed by atoms with E-state index in [0.717, 1.165) is 19.3 Å². The van der Waals surface area contributed by atoms with Crippen molar-refractivity contribution in [3.05, 3.63) is 35.4 Å². The van der Waals surface area contributed by atoms with E-state index in [1.165, 1.54) is 30.4 Å². The Kier molecular flexibility index (Phi) is 3.37. The molecule has 2 heteroatoms. The average molecular weight is 312 g/mol. The molecule has 4 fully saturated rings.